The van der Waals surface area contributed by atoms with Crippen molar-refractivity contribution in [1.82, 2.24) is 15.1 Å². The highest BCUT2D eigenvalue weighted by Gasteiger charge is 2.33. The van der Waals surface area contributed by atoms with Crippen LogP contribution in [-0.4, -0.2) is 21.2 Å². The Bertz CT molecular complexity index is 1140. The molecule has 2 aromatic heterocycles. The molecule has 0 bridgehead atoms. The van der Waals surface area contributed by atoms with Gasteiger partial charge in [0.15, 0.2) is 5.76 Å². The predicted octanol–water partition coefficient (Wildman–Crippen LogP) is 3.90. The van der Waals surface area contributed by atoms with Crippen molar-refractivity contribution < 1.29 is 9.26 Å². The van der Waals surface area contributed by atoms with E-state index in [1.807, 2.05) is 0 Å². The van der Waals surface area contributed by atoms with E-state index in [4.69, 9.17) is 9.26 Å². The van der Waals surface area contributed by atoms with Gasteiger partial charge in [0.1, 0.15) is 11.8 Å². The molecular formula is C21H17N3O3. The highest BCUT2D eigenvalue weighted by molar-refractivity contribution is 5.86. The fourth-order valence-electron chi connectivity index (χ4n) is 3.61. The Hall–Kier alpha value is -3.41. The van der Waals surface area contributed by atoms with E-state index in [2.05, 4.69) is 57.6 Å². The number of nitrogens with one attached hydrogen (secondary N) is 1. The summed E-state index contributed by atoms with van der Waals surface area (Å²) in [7, 11) is 0. The first-order valence-corrected chi connectivity index (χ1v) is 8.91. The number of benzene rings is 2. The first kappa shape index (κ1) is 15.8. The third kappa shape index (κ3) is 2.99. The van der Waals surface area contributed by atoms with Crippen LogP contribution in [0.15, 0.2) is 70.2 Å². The minimum Gasteiger partial charge on any atom is -0.473 e. The normalized spacial score (nSPS) is 19.0. The van der Waals surface area contributed by atoms with Gasteiger partial charge in [-0.15, -0.1) is 0 Å². The fraction of sp³-hybridized carbons (Fsp3) is 0.190. The molecule has 5 rings (SSSR count). The molecule has 0 atom stereocenters. The van der Waals surface area contributed by atoms with Crippen LogP contribution in [0.25, 0.3) is 22.2 Å². The Morgan fingerprint density at radius 3 is 2.67 bits per heavy atom. The molecule has 1 fully saturated rings. The SMILES string of the molecule is O=c1cc(-c2cnc(OC3CC(c4cccc5ccccc45)C3)cn2)o[nH]1. The quantitative estimate of drug-likeness (QED) is 0.598. The van der Waals surface area contributed by atoms with Gasteiger partial charge in [-0.1, -0.05) is 42.5 Å². The molecular weight excluding hydrogens is 342 g/mol. The van der Waals surface area contributed by atoms with E-state index in [1.54, 1.807) is 12.4 Å². The van der Waals surface area contributed by atoms with Gasteiger partial charge in [-0.25, -0.2) is 9.97 Å². The monoisotopic (exact) mass is 359 g/mol. The number of hydrogen-bond donors (Lipinski definition) is 1. The van der Waals surface area contributed by atoms with Gasteiger partial charge in [-0.2, -0.15) is 5.16 Å². The van der Waals surface area contributed by atoms with Crippen LogP contribution < -0.4 is 10.3 Å². The third-order valence-corrected chi connectivity index (χ3v) is 5.05. The largest absolute Gasteiger partial charge is 0.473 e. The predicted molar refractivity (Wildman–Crippen MR) is 101 cm³/mol. The zero-order valence-corrected chi connectivity index (χ0v) is 14.5. The van der Waals surface area contributed by atoms with Gasteiger partial charge in [0.2, 0.25) is 5.88 Å². The summed E-state index contributed by atoms with van der Waals surface area (Å²) in [5.74, 6) is 1.35. The van der Waals surface area contributed by atoms with Crippen LogP contribution in [0.5, 0.6) is 5.88 Å². The van der Waals surface area contributed by atoms with Gasteiger partial charge in [-0.3, -0.25) is 4.79 Å². The molecule has 4 aromatic rings. The van der Waals surface area contributed by atoms with E-state index in [9.17, 15) is 4.79 Å². The molecule has 0 spiro atoms. The molecule has 0 radical (unpaired) electrons. The Morgan fingerprint density at radius 2 is 1.89 bits per heavy atom. The lowest BCUT2D eigenvalue weighted by molar-refractivity contribution is 0.0936. The molecule has 2 aromatic carbocycles. The zero-order chi connectivity index (χ0) is 18.2. The molecule has 27 heavy (non-hydrogen) atoms. The maximum atomic E-state index is 11.1. The molecule has 1 aliphatic carbocycles. The molecule has 6 nitrogen and oxygen atoms in total. The summed E-state index contributed by atoms with van der Waals surface area (Å²) in [5, 5.41) is 4.83. The topological polar surface area (TPSA) is 81.0 Å². The Labute approximate surface area is 154 Å². The minimum atomic E-state index is -0.305. The number of nitrogens with zero attached hydrogens (tertiary/aromatic N) is 2. The number of fused-ring (bicyclic) bond motifs is 1. The summed E-state index contributed by atoms with van der Waals surface area (Å²) in [6.45, 7) is 0. The van der Waals surface area contributed by atoms with Gasteiger partial charge >= 0.3 is 0 Å². The second-order valence-electron chi connectivity index (χ2n) is 6.79. The molecule has 1 N–H and O–H groups in total. The highest BCUT2D eigenvalue weighted by Crippen LogP contribution is 2.41. The number of rotatable bonds is 4. The number of aromatic nitrogens is 3. The van der Waals surface area contributed by atoms with E-state index in [-0.39, 0.29) is 11.7 Å². The van der Waals surface area contributed by atoms with Gasteiger partial charge < -0.3 is 9.26 Å². The minimum absolute atomic E-state index is 0.138. The molecule has 2 heterocycles. The van der Waals surface area contributed by atoms with Gasteiger partial charge in [-0.05, 0) is 35.1 Å². The Kier molecular flexibility index (Phi) is 3.74. The van der Waals surface area contributed by atoms with Crippen molar-refractivity contribution in [2.24, 2.45) is 0 Å². The average Bonchev–Trinajstić information content (AvgIpc) is 3.11. The van der Waals surface area contributed by atoms with Crippen LogP contribution in [0.4, 0.5) is 0 Å². The molecule has 1 saturated carbocycles. The van der Waals surface area contributed by atoms with Gasteiger partial charge in [0, 0.05) is 0 Å². The molecule has 0 saturated heterocycles. The lowest BCUT2D eigenvalue weighted by Crippen LogP contribution is -2.32. The maximum absolute atomic E-state index is 11.1. The van der Waals surface area contributed by atoms with Crippen molar-refractivity contribution in [3.05, 3.63) is 76.8 Å². The Morgan fingerprint density at radius 1 is 1.04 bits per heavy atom. The van der Waals surface area contributed by atoms with Gasteiger partial charge in [0.25, 0.3) is 5.56 Å². The molecule has 134 valence electrons. The molecule has 0 aliphatic heterocycles. The fourth-order valence-corrected chi connectivity index (χ4v) is 3.61. The summed E-state index contributed by atoms with van der Waals surface area (Å²) in [6, 6.07) is 16.3. The second kappa shape index (κ2) is 6.39. The highest BCUT2D eigenvalue weighted by atomic mass is 16.5. The van der Waals surface area contributed by atoms with Crippen molar-refractivity contribution in [3.8, 4) is 17.3 Å². The molecule has 0 unspecified atom stereocenters. The second-order valence-corrected chi connectivity index (χ2v) is 6.79. The maximum Gasteiger partial charge on any atom is 0.280 e. The number of hydrogen-bond acceptors (Lipinski definition) is 5. The smallest absolute Gasteiger partial charge is 0.280 e. The molecule has 1 aliphatic rings. The lowest BCUT2D eigenvalue weighted by Gasteiger charge is -2.35. The molecule has 6 heteroatoms. The summed E-state index contributed by atoms with van der Waals surface area (Å²) in [6.07, 6.45) is 5.17. The van der Waals surface area contributed by atoms with E-state index in [0.717, 1.165) is 12.8 Å². The summed E-state index contributed by atoms with van der Waals surface area (Å²) >= 11 is 0. The van der Waals surface area contributed by atoms with Crippen LogP contribution in [-0.2, 0) is 0 Å². The van der Waals surface area contributed by atoms with Crippen LogP contribution >= 0.6 is 0 Å². The lowest BCUT2D eigenvalue weighted by atomic mass is 9.76. The van der Waals surface area contributed by atoms with E-state index in [1.165, 1.54) is 22.4 Å². The van der Waals surface area contributed by atoms with E-state index >= 15 is 0 Å². The number of H-pyrrole nitrogens is 1. The summed E-state index contributed by atoms with van der Waals surface area (Å²) in [4.78, 5) is 19.7. The van der Waals surface area contributed by atoms with Crippen molar-refractivity contribution >= 4 is 10.8 Å². The summed E-state index contributed by atoms with van der Waals surface area (Å²) in [5.41, 5.74) is 1.57. The number of ether oxygens (including phenoxy) is 1. The van der Waals surface area contributed by atoms with Crippen LogP contribution in [0.3, 0.4) is 0 Å². The summed E-state index contributed by atoms with van der Waals surface area (Å²) < 4.78 is 11.0. The van der Waals surface area contributed by atoms with Crippen LogP contribution in [0, 0.1) is 0 Å². The zero-order valence-electron chi connectivity index (χ0n) is 14.5. The average molecular weight is 359 g/mol. The van der Waals surface area contributed by atoms with Crippen LogP contribution in [0.2, 0.25) is 0 Å². The molecule has 0 amide bonds. The third-order valence-electron chi connectivity index (χ3n) is 5.05. The van der Waals surface area contributed by atoms with E-state index in [0.29, 0.717) is 23.3 Å². The van der Waals surface area contributed by atoms with Crippen molar-refractivity contribution in [2.45, 2.75) is 24.9 Å². The van der Waals surface area contributed by atoms with Crippen molar-refractivity contribution in [2.75, 3.05) is 0 Å². The number of aromatic amines is 1. The standard InChI is InChI=1S/C21H17N3O3/c25-20-10-19(27-24-20)18-11-23-21(12-22-18)26-15-8-14(9-15)17-7-3-5-13-4-1-2-6-16(13)17/h1-7,10-12,14-15H,8-9H2,(H,24,25). The van der Waals surface area contributed by atoms with Gasteiger partial charge in [0.05, 0.1) is 18.5 Å². The van der Waals surface area contributed by atoms with Crippen molar-refractivity contribution in [1.29, 1.82) is 0 Å². The first-order valence-electron chi connectivity index (χ1n) is 8.91. The first-order chi connectivity index (χ1) is 13.3. The van der Waals surface area contributed by atoms with Crippen LogP contribution in [0.1, 0.15) is 24.3 Å². The Balaban J connectivity index is 1.26. The van der Waals surface area contributed by atoms with Crippen molar-refractivity contribution in [3.63, 3.8) is 0 Å². The van der Waals surface area contributed by atoms with E-state index < -0.39 is 0 Å².